The van der Waals surface area contributed by atoms with Crippen molar-refractivity contribution in [3.8, 4) is 11.5 Å². The zero-order valence-corrected chi connectivity index (χ0v) is 18.0. The quantitative estimate of drug-likeness (QED) is 0.809. The van der Waals surface area contributed by atoms with Gasteiger partial charge in [-0.25, -0.2) is 0 Å². The standard InChI is InChI=1S/C23H31N3O3/c1-16-7-6-8-20(17(16)2)26-13-11-25(12-14-26)18(3)23(27)24-19-9-10-21(28-4)22(15-19)29-5/h6-10,15,18H,11-14H2,1-5H3,(H,24,27)/t18-/m1/s1. The number of hydrogen-bond donors (Lipinski definition) is 1. The number of nitrogens with zero attached hydrogens (tertiary/aromatic N) is 2. The SMILES string of the molecule is COc1ccc(NC(=O)[C@@H](C)N2CCN(c3cccc(C)c3C)CC2)cc1OC. The van der Waals surface area contributed by atoms with E-state index >= 15 is 0 Å². The normalized spacial score (nSPS) is 15.7. The highest BCUT2D eigenvalue weighted by molar-refractivity contribution is 5.94. The lowest BCUT2D eigenvalue weighted by Crippen LogP contribution is -2.53. The molecule has 0 unspecified atom stereocenters. The molecule has 0 bridgehead atoms. The van der Waals surface area contributed by atoms with Crippen molar-refractivity contribution in [3.05, 3.63) is 47.5 Å². The molecular formula is C23H31N3O3. The number of aryl methyl sites for hydroxylation is 1. The van der Waals surface area contributed by atoms with Gasteiger partial charge in [0.05, 0.1) is 20.3 Å². The summed E-state index contributed by atoms with van der Waals surface area (Å²) >= 11 is 0. The summed E-state index contributed by atoms with van der Waals surface area (Å²) in [6.45, 7) is 9.83. The van der Waals surface area contributed by atoms with Gasteiger partial charge in [0.2, 0.25) is 5.91 Å². The first-order valence-corrected chi connectivity index (χ1v) is 10.0. The van der Waals surface area contributed by atoms with Gasteiger partial charge in [-0.05, 0) is 50.1 Å². The van der Waals surface area contributed by atoms with Gasteiger partial charge in [0.1, 0.15) is 0 Å². The maximum Gasteiger partial charge on any atom is 0.241 e. The predicted octanol–water partition coefficient (Wildman–Crippen LogP) is 3.47. The minimum atomic E-state index is -0.205. The smallest absolute Gasteiger partial charge is 0.241 e. The molecular weight excluding hydrogens is 366 g/mol. The fourth-order valence-electron chi connectivity index (χ4n) is 3.75. The molecule has 0 radical (unpaired) electrons. The highest BCUT2D eigenvalue weighted by Gasteiger charge is 2.26. The van der Waals surface area contributed by atoms with Gasteiger partial charge in [-0.1, -0.05) is 12.1 Å². The number of hydrogen-bond acceptors (Lipinski definition) is 5. The number of amides is 1. The van der Waals surface area contributed by atoms with Crippen LogP contribution >= 0.6 is 0 Å². The van der Waals surface area contributed by atoms with Crippen LogP contribution in [0, 0.1) is 13.8 Å². The molecule has 156 valence electrons. The van der Waals surface area contributed by atoms with E-state index in [2.05, 4.69) is 47.2 Å². The molecule has 3 rings (SSSR count). The van der Waals surface area contributed by atoms with E-state index in [9.17, 15) is 4.79 Å². The maximum atomic E-state index is 12.8. The van der Waals surface area contributed by atoms with Gasteiger partial charge in [-0.15, -0.1) is 0 Å². The Morgan fingerprint density at radius 1 is 1.00 bits per heavy atom. The lowest BCUT2D eigenvalue weighted by molar-refractivity contribution is -0.120. The summed E-state index contributed by atoms with van der Waals surface area (Å²) in [5, 5.41) is 2.99. The molecule has 1 amide bonds. The summed E-state index contributed by atoms with van der Waals surface area (Å²) in [5.41, 5.74) is 4.65. The van der Waals surface area contributed by atoms with Gasteiger partial charge in [-0.3, -0.25) is 9.69 Å². The lowest BCUT2D eigenvalue weighted by Gasteiger charge is -2.39. The second-order valence-electron chi connectivity index (χ2n) is 7.48. The summed E-state index contributed by atoms with van der Waals surface area (Å²) < 4.78 is 10.6. The summed E-state index contributed by atoms with van der Waals surface area (Å²) in [5.74, 6) is 1.22. The number of ether oxygens (including phenoxy) is 2. The monoisotopic (exact) mass is 397 g/mol. The van der Waals surface area contributed by atoms with E-state index in [4.69, 9.17) is 9.47 Å². The largest absolute Gasteiger partial charge is 0.493 e. The van der Waals surface area contributed by atoms with Crippen LogP contribution in [0.25, 0.3) is 0 Å². The fraction of sp³-hybridized carbons (Fsp3) is 0.435. The molecule has 6 nitrogen and oxygen atoms in total. The maximum absolute atomic E-state index is 12.8. The van der Waals surface area contributed by atoms with Crippen LogP contribution in [0.15, 0.2) is 36.4 Å². The Morgan fingerprint density at radius 2 is 1.69 bits per heavy atom. The molecule has 1 N–H and O–H groups in total. The van der Waals surface area contributed by atoms with E-state index in [1.54, 1.807) is 26.4 Å². The molecule has 0 spiro atoms. The zero-order chi connectivity index (χ0) is 21.0. The number of benzene rings is 2. The number of anilines is 2. The Kier molecular flexibility index (Phi) is 6.64. The molecule has 0 aliphatic carbocycles. The third-order valence-electron chi connectivity index (χ3n) is 5.81. The second-order valence-corrected chi connectivity index (χ2v) is 7.48. The Labute approximate surface area is 173 Å². The molecule has 6 heteroatoms. The minimum Gasteiger partial charge on any atom is -0.493 e. The number of nitrogens with one attached hydrogen (secondary N) is 1. The molecule has 1 heterocycles. The topological polar surface area (TPSA) is 54.0 Å². The Morgan fingerprint density at radius 3 is 2.34 bits per heavy atom. The molecule has 1 aliphatic heterocycles. The molecule has 1 saturated heterocycles. The Balaban J connectivity index is 1.59. The van der Waals surface area contributed by atoms with Crippen LogP contribution in [0.3, 0.4) is 0 Å². The second kappa shape index (κ2) is 9.18. The van der Waals surface area contributed by atoms with Crippen molar-refractivity contribution in [1.29, 1.82) is 0 Å². The number of rotatable bonds is 6. The molecule has 1 fully saturated rings. The van der Waals surface area contributed by atoms with E-state index in [1.807, 2.05) is 13.0 Å². The molecule has 29 heavy (non-hydrogen) atoms. The van der Waals surface area contributed by atoms with Crippen molar-refractivity contribution in [2.75, 3.05) is 50.6 Å². The summed E-state index contributed by atoms with van der Waals surface area (Å²) in [4.78, 5) is 17.4. The third-order valence-corrected chi connectivity index (χ3v) is 5.81. The number of piperazine rings is 1. The van der Waals surface area contributed by atoms with Crippen LogP contribution < -0.4 is 19.7 Å². The summed E-state index contributed by atoms with van der Waals surface area (Å²) in [6.07, 6.45) is 0. The van der Waals surface area contributed by atoms with Gasteiger partial charge >= 0.3 is 0 Å². The van der Waals surface area contributed by atoms with Crippen LogP contribution in [-0.2, 0) is 4.79 Å². The van der Waals surface area contributed by atoms with E-state index < -0.39 is 0 Å². The lowest BCUT2D eigenvalue weighted by atomic mass is 10.1. The van der Waals surface area contributed by atoms with Gasteiger partial charge in [-0.2, -0.15) is 0 Å². The van der Waals surface area contributed by atoms with Gasteiger partial charge in [0.25, 0.3) is 0 Å². The predicted molar refractivity (Wildman–Crippen MR) is 117 cm³/mol. The van der Waals surface area contributed by atoms with Gasteiger partial charge in [0, 0.05) is 43.6 Å². The summed E-state index contributed by atoms with van der Waals surface area (Å²) in [6, 6.07) is 11.6. The molecule has 1 atom stereocenters. The zero-order valence-electron chi connectivity index (χ0n) is 18.0. The minimum absolute atomic E-state index is 0.0163. The van der Waals surface area contributed by atoms with Crippen molar-refractivity contribution < 1.29 is 14.3 Å². The fourth-order valence-corrected chi connectivity index (χ4v) is 3.75. The number of carbonyl (C=O) groups excluding carboxylic acids is 1. The van der Waals surface area contributed by atoms with E-state index in [0.717, 1.165) is 26.2 Å². The van der Waals surface area contributed by atoms with Crippen molar-refractivity contribution in [2.24, 2.45) is 0 Å². The van der Waals surface area contributed by atoms with Crippen LogP contribution in [0.4, 0.5) is 11.4 Å². The Bertz CT molecular complexity index is 860. The van der Waals surface area contributed by atoms with Crippen molar-refractivity contribution in [1.82, 2.24) is 4.90 Å². The average molecular weight is 398 g/mol. The van der Waals surface area contributed by atoms with E-state index in [0.29, 0.717) is 17.2 Å². The molecule has 2 aromatic rings. The summed E-state index contributed by atoms with van der Waals surface area (Å²) in [7, 11) is 3.18. The van der Waals surface area contributed by atoms with Crippen LogP contribution in [0.2, 0.25) is 0 Å². The molecule has 0 aromatic heterocycles. The average Bonchev–Trinajstić information content (AvgIpc) is 2.75. The highest BCUT2D eigenvalue weighted by Crippen LogP contribution is 2.30. The van der Waals surface area contributed by atoms with Crippen LogP contribution in [-0.4, -0.2) is 57.2 Å². The van der Waals surface area contributed by atoms with Crippen molar-refractivity contribution >= 4 is 17.3 Å². The Hall–Kier alpha value is -2.73. The van der Waals surface area contributed by atoms with Gasteiger partial charge < -0.3 is 19.7 Å². The first kappa shape index (κ1) is 21.0. The van der Waals surface area contributed by atoms with Crippen LogP contribution in [0.1, 0.15) is 18.1 Å². The third kappa shape index (κ3) is 4.65. The number of methoxy groups -OCH3 is 2. The van der Waals surface area contributed by atoms with E-state index in [-0.39, 0.29) is 11.9 Å². The molecule has 0 saturated carbocycles. The molecule has 1 aliphatic rings. The first-order chi connectivity index (χ1) is 13.9. The van der Waals surface area contributed by atoms with Crippen molar-refractivity contribution in [3.63, 3.8) is 0 Å². The van der Waals surface area contributed by atoms with E-state index in [1.165, 1.54) is 16.8 Å². The first-order valence-electron chi connectivity index (χ1n) is 10.0. The van der Waals surface area contributed by atoms with Gasteiger partial charge in [0.15, 0.2) is 11.5 Å². The van der Waals surface area contributed by atoms with Crippen LogP contribution in [0.5, 0.6) is 11.5 Å². The van der Waals surface area contributed by atoms with Crippen molar-refractivity contribution in [2.45, 2.75) is 26.8 Å². The number of carbonyl (C=O) groups is 1. The molecule has 2 aromatic carbocycles. The highest BCUT2D eigenvalue weighted by atomic mass is 16.5.